The van der Waals surface area contributed by atoms with Gasteiger partial charge in [0, 0.05) is 43.5 Å². The molecule has 0 spiro atoms. The number of hydrogen-bond acceptors (Lipinski definition) is 4. The Hall–Kier alpha value is -2.44. The summed E-state index contributed by atoms with van der Waals surface area (Å²) in [5, 5.41) is 8.67. The minimum absolute atomic E-state index is 0.207. The lowest BCUT2D eigenvalue weighted by Crippen LogP contribution is -2.49. The molecule has 2 atom stereocenters. The zero-order valence-corrected chi connectivity index (χ0v) is 19.9. The summed E-state index contributed by atoms with van der Waals surface area (Å²) in [5.74, 6) is 1.71. The molecule has 1 N–H and O–H groups in total. The highest BCUT2D eigenvalue weighted by Crippen LogP contribution is 2.41. The van der Waals surface area contributed by atoms with E-state index in [1.54, 1.807) is 0 Å². The van der Waals surface area contributed by atoms with E-state index < -0.39 is 0 Å². The highest BCUT2D eigenvalue weighted by atomic mass is 19.1. The summed E-state index contributed by atoms with van der Waals surface area (Å²) >= 11 is 0. The minimum Gasteiger partial charge on any atom is -0.492 e. The number of nitrogens with one attached hydrogen (secondary N) is 1. The van der Waals surface area contributed by atoms with Crippen LogP contribution in [0.15, 0.2) is 42.6 Å². The Morgan fingerprint density at radius 3 is 2.67 bits per heavy atom. The normalized spacial score (nSPS) is 22.0. The molecule has 33 heavy (non-hydrogen) atoms. The lowest BCUT2D eigenvalue weighted by Gasteiger charge is -2.43. The lowest BCUT2D eigenvalue weighted by atomic mass is 9.83. The van der Waals surface area contributed by atoms with E-state index in [1.165, 1.54) is 22.1 Å². The lowest BCUT2D eigenvalue weighted by molar-refractivity contribution is 0.0668. The maximum Gasteiger partial charge on any atom is 0.119 e. The second-order valence-corrected chi connectivity index (χ2v) is 10.2. The monoisotopic (exact) mass is 450 g/mol. The van der Waals surface area contributed by atoms with Gasteiger partial charge in [0.2, 0.25) is 0 Å². The van der Waals surface area contributed by atoms with Gasteiger partial charge in [0.1, 0.15) is 12.4 Å². The van der Waals surface area contributed by atoms with Crippen LogP contribution in [-0.2, 0) is 6.42 Å². The van der Waals surface area contributed by atoms with Crippen LogP contribution < -0.4 is 4.74 Å². The van der Waals surface area contributed by atoms with Crippen LogP contribution >= 0.6 is 0 Å². The van der Waals surface area contributed by atoms with Crippen LogP contribution in [0.1, 0.15) is 43.5 Å². The zero-order valence-electron chi connectivity index (χ0n) is 19.9. The minimum atomic E-state index is -0.207. The summed E-state index contributed by atoms with van der Waals surface area (Å²) < 4.78 is 18.6. The van der Waals surface area contributed by atoms with Gasteiger partial charge in [0.05, 0.1) is 24.4 Å². The maximum absolute atomic E-state index is 12.6. The van der Waals surface area contributed by atoms with Crippen molar-refractivity contribution in [3.05, 3.63) is 59.3 Å². The van der Waals surface area contributed by atoms with Gasteiger partial charge in [0.25, 0.3) is 0 Å². The molecule has 3 heterocycles. The van der Waals surface area contributed by atoms with E-state index in [2.05, 4.69) is 77.2 Å². The standard InChI is InChI=1S/C27H35FN4O/c1-18(2)15-32-19(3)12-24-23(8-9-26-25(24)14-29-30-26)27(32)21-4-6-22(7-5-21)33-11-10-31-16-20(13-28)17-31/h4-9,14,18-20,27H,10-13,15-17H2,1-3H3,(H,29,30)/t19-,27-/m1/s1. The molecule has 5 nitrogen and oxygen atoms in total. The average molecular weight is 451 g/mol. The third-order valence-electron chi connectivity index (χ3n) is 7.16. The number of aromatic amines is 1. The fraction of sp³-hybridized carbons (Fsp3) is 0.519. The van der Waals surface area contributed by atoms with E-state index in [4.69, 9.17) is 4.74 Å². The molecule has 0 radical (unpaired) electrons. The van der Waals surface area contributed by atoms with Crippen molar-refractivity contribution in [1.29, 1.82) is 0 Å². The Balaban J connectivity index is 1.36. The van der Waals surface area contributed by atoms with Crippen LogP contribution in [0.2, 0.25) is 0 Å². The number of fused-ring (bicyclic) bond motifs is 3. The summed E-state index contributed by atoms with van der Waals surface area (Å²) in [6, 6.07) is 13.7. The quantitative estimate of drug-likeness (QED) is 0.534. The highest BCUT2D eigenvalue weighted by molar-refractivity contribution is 5.83. The molecular weight excluding hydrogens is 415 g/mol. The number of benzene rings is 2. The molecule has 0 saturated carbocycles. The van der Waals surface area contributed by atoms with E-state index in [0.717, 1.165) is 43.9 Å². The molecule has 176 valence electrons. The van der Waals surface area contributed by atoms with Gasteiger partial charge in [-0.25, -0.2) is 0 Å². The predicted octanol–water partition coefficient (Wildman–Crippen LogP) is 4.84. The second kappa shape index (κ2) is 9.43. The number of ether oxygens (including phenoxy) is 1. The van der Waals surface area contributed by atoms with Crippen LogP contribution in [-0.4, -0.2) is 65.5 Å². The molecule has 5 rings (SSSR count). The summed E-state index contributed by atoms with van der Waals surface area (Å²) in [5.41, 5.74) is 5.21. The van der Waals surface area contributed by atoms with Gasteiger partial charge >= 0.3 is 0 Å². The van der Waals surface area contributed by atoms with Gasteiger partial charge in [-0.15, -0.1) is 0 Å². The predicted molar refractivity (Wildman–Crippen MR) is 130 cm³/mol. The molecule has 0 unspecified atom stereocenters. The Labute approximate surface area is 195 Å². The van der Waals surface area contributed by atoms with E-state index >= 15 is 0 Å². The molecule has 1 saturated heterocycles. The third-order valence-corrected chi connectivity index (χ3v) is 7.16. The second-order valence-electron chi connectivity index (χ2n) is 10.2. The molecule has 1 aromatic heterocycles. The van der Waals surface area contributed by atoms with Crippen LogP contribution in [0, 0.1) is 11.8 Å². The number of hydrogen-bond donors (Lipinski definition) is 1. The van der Waals surface area contributed by atoms with Crippen molar-refractivity contribution < 1.29 is 9.13 Å². The molecule has 2 aliphatic heterocycles. The molecule has 0 aliphatic carbocycles. The maximum atomic E-state index is 12.6. The fourth-order valence-electron chi connectivity index (χ4n) is 5.50. The zero-order chi connectivity index (χ0) is 22.9. The van der Waals surface area contributed by atoms with Gasteiger partial charge < -0.3 is 4.74 Å². The van der Waals surface area contributed by atoms with Crippen molar-refractivity contribution in [2.24, 2.45) is 11.8 Å². The van der Waals surface area contributed by atoms with Crippen molar-refractivity contribution in [3.8, 4) is 5.75 Å². The highest BCUT2D eigenvalue weighted by Gasteiger charge is 2.34. The molecule has 1 fully saturated rings. The Morgan fingerprint density at radius 2 is 1.94 bits per heavy atom. The molecule has 0 amide bonds. The average Bonchev–Trinajstić information content (AvgIpc) is 3.26. The largest absolute Gasteiger partial charge is 0.492 e. The Kier molecular flexibility index (Phi) is 6.39. The Morgan fingerprint density at radius 1 is 1.15 bits per heavy atom. The first-order valence-corrected chi connectivity index (χ1v) is 12.2. The summed E-state index contributed by atoms with van der Waals surface area (Å²) in [7, 11) is 0. The first-order valence-electron chi connectivity index (χ1n) is 12.2. The number of alkyl halides is 1. The first-order chi connectivity index (χ1) is 16.0. The third kappa shape index (κ3) is 4.51. The van der Waals surface area contributed by atoms with E-state index in [9.17, 15) is 4.39 Å². The molecule has 6 heteroatoms. The van der Waals surface area contributed by atoms with Crippen molar-refractivity contribution >= 4 is 10.9 Å². The first kappa shape index (κ1) is 22.4. The SMILES string of the molecule is CC(C)CN1[C@H](c2ccc(OCCN3CC(CF)C3)cc2)c2ccc3[nH]ncc3c2C[C@H]1C. The molecule has 3 aromatic rings. The van der Waals surface area contributed by atoms with Gasteiger partial charge in [-0.05, 0) is 54.2 Å². The van der Waals surface area contributed by atoms with Crippen LogP contribution in [0.5, 0.6) is 5.75 Å². The number of nitrogens with zero attached hydrogens (tertiary/aromatic N) is 3. The number of aromatic nitrogens is 2. The van der Waals surface area contributed by atoms with Gasteiger partial charge in [-0.2, -0.15) is 5.10 Å². The molecule has 2 aromatic carbocycles. The number of likely N-dealkylation sites (tertiary alicyclic amines) is 1. The van der Waals surface area contributed by atoms with Crippen molar-refractivity contribution in [1.82, 2.24) is 20.0 Å². The fourth-order valence-corrected chi connectivity index (χ4v) is 5.50. The van der Waals surface area contributed by atoms with E-state index in [1.807, 2.05) is 6.20 Å². The Bertz CT molecular complexity index is 1070. The van der Waals surface area contributed by atoms with Gasteiger partial charge in [-0.1, -0.05) is 32.0 Å². The number of halogens is 1. The number of H-pyrrole nitrogens is 1. The molecule has 2 aliphatic rings. The van der Waals surface area contributed by atoms with Crippen molar-refractivity contribution in [2.75, 3.05) is 39.5 Å². The van der Waals surface area contributed by atoms with E-state index in [-0.39, 0.29) is 18.6 Å². The van der Waals surface area contributed by atoms with Crippen molar-refractivity contribution in [3.63, 3.8) is 0 Å². The smallest absolute Gasteiger partial charge is 0.119 e. The van der Waals surface area contributed by atoms with Crippen LogP contribution in [0.25, 0.3) is 10.9 Å². The summed E-state index contributed by atoms with van der Waals surface area (Å²) in [6.07, 6.45) is 3.01. The van der Waals surface area contributed by atoms with Gasteiger partial charge in [0.15, 0.2) is 0 Å². The topological polar surface area (TPSA) is 44.4 Å². The molecule has 0 bridgehead atoms. The van der Waals surface area contributed by atoms with Crippen LogP contribution in [0.3, 0.4) is 0 Å². The summed E-state index contributed by atoms with van der Waals surface area (Å²) in [4.78, 5) is 4.90. The summed E-state index contributed by atoms with van der Waals surface area (Å²) in [6.45, 7) is 11.0. The number of rotatable bonds is 8. The van der Waals surface area contributed by atoms with Crippen LogP contribution in [0.4, 0.5) is 4.39 Å². The van der Waals surface area contributed by atoms with Gasteiger partial charge in [-0.3, -0.25) is 19.3 Å². The van der Waals surface area contributed by atoms with Crippen molar-refractivity contribution in [2.45, 2.75) is 39.3 Å². The molecular formula is C27H35FN4O. The van der Waals surface area contributed by atoms with E-state index in [0.29, 0.717) is 18.6 Å².